The summed E-state index contributed by atoms with van der Waals surface area (Å²) in [5, 5.41) is 0. The molecule has 1 rings (SSSR count). The van der Waals surface area contributed by atoms with E-state index in [0.29, 0.717) is 0 Å². The second kappa shape index (κ2) is 6.00. The Labute approximate surface area is 102 Å². The highest BCUT2D eigenvalue weighted by atomic mass is 32.1. The third-order valence-electron chi connectivity index (χ3n) is 2.05. The van der Waals surface area contributed by atoms with Crippen molar-refractivity contribution < 1.29 is 23.3 Å². The average molecular weight is 257 g/mol. The second-order valence-electron chi connectivity index (χ2n) is 3.12. The molecule has 7 heteroatoms. The molecule has 0 fully saturated rings. The predicted molar refractivity (Wildman–Crippen MR) is 60.9 cm³/mol. The van der Waals surface area contributed by atoms with Gasteiger partial charge in [0.25, 0.3) is 0 Å². The van der Waals surface area contributed by atoms with E-state index in [1.165, 1.54) is 37.0 Å². The fraction of sp³-hybridized carbons (Fsp3) is 0.300. The van der Waals surface area contributed by atoms with Crippen LogP contribution in [0.1, 0.15) is 6.42 Å². The van der Waals surface area contributed by atoms with Gasteiger partial charge in [0.05, 0.1) is 25.4 Å². The summed E-state index contributed by atoms with van der Waals surface area (Å²) in [7, 11) is 2.49. The van der Waals surface area contributed by atoms with E-state index in [1.54, 1.807) is 0 Å². The number of esters is 2. The van der Waals surface area contributed by atoms with Crippen molar-refractivity contribution in [3.8, 4) is 0 Å². The summed E-state index contributed by atoms with van der Waals surface area (Å²) >= 11 is 0.208. The molecule has 0 aromatic heterocycles. The van der Waals surface area contributed by atoms with E-state index in [2.05, 4.69) is 9.47 Å². The zero-order chi connectivity index (χ0) is 12.8. The van der Waals surface area contributed by atoms with Crippen LogP contribution in [0.3, 0.4) is 0 Å². The monoisotopic (exact) mass is 257 g/mol. The Morgan fingerprint density at radius 1 is 1.24 bits per heavy atom. The van der Waals surface area contributed by atoms with Gasteiger partial charge in [-0.15, -0.1) is 0 Å². The Kier molecular flexibility index (Phi) is 4.65. The highest BCUT2D eigenvalue weighted by Crippen LogP contribution is 2.20. The molecular weight excluding hydrogens is 246 g/mol. The molecule has 1 aliphatic heterocycles. The van der Waals surface area contributed by atoms with E-state index in [9.17, 15) is 13.8 Å². The minimum atomic E-state index is -0.547. The highest BCUT2D eigenvalue weighted by molar-refractivity contribution is 7.64. The third-order valence-corrected chi connectivity index (χ3v) is 2.38. The summed E-state index contributed by atoms with van der Waals surface area (Å²) in [5.74, 6) is -1.09. The quantitative estimate of drug-likeness (QED) is 0.514. The Bertz CT molecular complexity index is 416. The molecular formula is C10H11NO5S. The lowest BCUT2D eigenvalue weighted by molar-refractivity contribution is -0.136. The Morgan fingerprint density at radius 2 is 1.71 bits per heavy atom. The zero-order valence-corrected chi connectivity index (χ0v) is 10.2. The molecule has 0 saturated heterocycles. The Hall–Kier alpha value is -1.89. The van der Waals surface area contributed by atoms with E-state index < -0.39 is 11.9 Å². The van der Waals surface area contributed by atoms with Gasteiger partial charge in [0.1, 0.15) is 16.7 Å². The van der Waals surface area contributed by atoms with Crippen molar-refractivity contribution >= 4 is 28.7 Å². The summed E-state index contributed by atoms with van der Waals surface area (Å²) in [6.45, 7) is 0. The van der Waals surface area contributed by atoms with E-state index in [1.807, 2.05) is 0 Å². The number of nitrogens with zero attached hydrogens (tertiary/aromatic N) is 1. The number of carbonyl (C=O) groups is 2. The van der Waals surface area contributed by atoms with Crippen LogP contribution in [0.15, 0.2) is 23.5 Å². The first kappa shape index (κ1) is 13.2. The van der Waals surface area contributed by atoms with Crippen molar-refractivity contribution in [2.24, 2.45) is 0 Å². The largest absolute Gasteiger partial charge is 0.466 e. The summed E-state index contributed by atoms with van der Waals surface area (Å²) in [4.78, 5) is 24.1. The lowest BCUT2D eigenvalue weighted by Crippen LogP contribution is -2.21. The van der Waals surface area contributed by atoms with Gasteiger partial charge in [0.2, 0.25) is 0 Å². The van der Waals surface area contributed by atoms with Gasteiger partial charge in [-0.25, -0.2) is 13.8 Å². The van der Waals surface area contributed by atoms with E-state index in [0.717, 1.165) is 0 Å². The van der Waals surface area contributed by atoms with Crippen molar-refractivity contribution in [1.29, 1.82) is 0 Å². The summed E-state index contributed by atoms with van der Waals surface area (Å²) in [5.41, 5.74) is 1.77. The second-order valence-corrected chi connectivity index (χ2v) is 3.52. The van der Waals surface area contributed by atoms with Crippen LogP contribution >= 0.6 is 0 Å². The van der Waals surface area contributed by atoms with Crippen molar-refractivity contribution in [3.63, 3.8) is 0 Å². The summed E-state index contributed by atoms with van der Waals surface area (Å²) < 4.78 is 19.6. The molecule has 0 bridgehead atoms. The van der Waals surface area contributed by atoms with Crippen LogP contribution in [0.2, 0.25) is 0 Å². The molecule has 1 aliphatic rings. The molecule has 0 radical (unpaired) electrons. The normalized spacial score (nSPS) is 14.4. The van der Waals surface area contributed by atoms with Crippen LogP contribution in [-0.2, 0) is 30.3 Å². The Morgan fingerprint density at radius 3 is 2.06 bits per heavy atom. The van der Waals surface area contributed by atoms with Crippen molar-refractivity contribution in [2.45, 2.75) is 6.42 Å². The fourth-order valence-corrected chi connectivity index (χ4v) is 1.54. The first-order valence-electron chi connectivity index (χ1n) is 4.59. The lowest BCUT2D eigenvalue weighted by Gasteiger charge is -2.18. The van der Waals surface area contributed by atoms with Gasteiger partial charge in [-0.3, -0.25) is 0 Å². The number of ether oxygens (including phenoxy) is 2. The van der Waals surface area contributed by atoms with Gasteiger partial charge < -0.3 is 14.4 Å². The molecule has 1 heterocycles. The van der Waals surface area contributed by atoms with Gasteiger partial charge >= 0.3 is 11.9 Å². The maximum atomic E-state index is 11.4. The van der Waals surface area contributed by atoms with E-state index in [4.69, 9.17) is 0 Å². The molecule has 0 atom stereocenters. The van der Waals surface area contributed by atoms with Gasteiger partial charge in [-0.1, -0.05) is 0 Å². The van der Waals surface area contributed by atoms with Crippen LogP contribution in [0.4, 0.5) is 0 Å². The number of methoxy groups -OCH3 is 2. The van der Waals surface area contributed by atoms with Crippen LogP contribution in [-0.4, -0.2) is 40.8 Å². The molecule has 0 saturated carbocycles. The van der Waals surface area contributed by atoms with Crippen LogP contribution in [0.5, 0.6) is 0 Å². The average Bonchev–Trinajstić information content (AvgIpc) is 2.36. The maximum absolute atomic E-state index is 11.4. The zero-order valence-electron chi connectivity index (χ0n) is 9.34. The molecule has 92 valence electrons. The van der Waals surface area contributed by atoms with Gasteiger partial charge in [0, 0.05) is 18.8 Å². The lowest BCUT2D eigenvalue weighted by atomic mass is 10.0. The molecule has 0 aromatic rings. The number of hydrogen-bond acceptors (Lipinski definition) is 5. The first-order chi connectivity index (χ1) is 8.12. The molecule has 0 N–H and O–H groups in total. The molecule has 0 aromatic carbocycles. The molecule has 0 aliphatic carbocycles. The SMILES string of the molecule is COC(=O)C1=CN(C=S=O)C=C(C(=O)OC)C1. The van der Waals surface area contributed by atoms with Crippen LogP contribution in [0, 0.1) is 0 Å². The molecule has 0 unspecified atom stereocenters. The molecule has 6 nitrogen and oxygen atoms in total. The smallest absolute Gasteiger partial charge is 0.335 e. The topological polar surface area (TPSA) is 72.9 Å². The Balaban J connectivity index is 3.02. The molecule has 17 heavy (non-hydrogen) atoms. The van der Waals surface area contributed by atoms with Gasteiger partial charge in [-0.2, -0.15) is 0 Å². The van der Waals surface area contributed by atoms with E-state index >= 15 is 0 Å². The minimum absolute atomic E-state index is 0.118. The number of rotatable bonds is 3. The summed E-state index contributed by atoms with van der Waals surface area (Å²) in [6, 6.07) is 0. The standard InChI is InChI=1S/C10H11NO5S/c1-15-9(12)7-3-8(10(13)16-2)5-11(4-7)6-17-14/h4-6H,3H2,1-2H3. The fourth-order valence-electron chi connectivity index (χ4n) is 1.32. The molecule has 0 amide bonds. The highest BCUT2D eigenvalue weighted by Gasteiger charge is 2.22. The van der Waals surface area contributed by atoms with Crippen LogP contribution in [0.25, 0.3) is 0 Å². The van der Waals surface area contributed by atoms with Gasteiger partial charge in [-0.05, 0) is 0 Å². The minimum Gasteiger partial charge on any atom is -0.466 e. The van der Waals surface area contributed by atoms with Crippen molar-refractivity contribution in [1.82, 2.24) is 4.90 Å². The summed E-state index contributed by atoms with van der Waals surface area (Å²) in [6.07, 6.45) is 2.99. The third kappa shape index (κ3) is 3.28. The van der Waals surface area contributed by atoms with Crippen molar-refractivity contribution in [3.05, 3.63) is 23.5 Å². The first-order valence-corrected chi connectivity index (χ1v) is 5.40. The van der Waals surface area contributed by atoms with Crippen molar-refractivity contribution in [2.75, 3.05) is 14.2 Å². The predicted octanol–water partition coefficient (Wildman–Crippen LogP) is -0.221. The number of hydrogen-bond donors (Lipinski definition) is 0. The number of carbonyl (C=O) groups excluding carboxylic acids is 2. The maximum Gasteiger partial charge on any atom is 0.335 e. The molecule has 0 spiro atoms. The van der Waals surface area contributed by atoms with Gasteiger partial charge in [0.15, 0.2) is 0 Å². The van der Waals surface area contributed by atoms with Crippen LogP contribution < -0.4 is 0 Å². The van der Waals surface area contributed by atoms with E-state index in [-0.39, 0.29) is 28.8 Å².